The zero-order chi connectivity index (χ0) is 18.0. The Morgan fingerprint density at radius 3 is 2.33 bits per heavy atom. The van der Waals surface area contributed by atoms with E-state index in [1.807, 2.05) is 6.92 Å². The summed E-state index contributed by atoms with van der Waals surface area (Å²) in [5, 5.41) is 3.35. The molecule has 1 heterocycles. The lowest BCUT2D eigenvalue weighted by atomic mass is 10.3. The molecule has 0 saturated heterocycles. The number of sulfone groups is 2. The van der Waals surface area contributed by atoms with Crippen LogP contribution in [0.2, 0.25) is 5.02 Å². The van der Waals surface area contributed by atoms with Crippen molar-refractivity contribution in [1.29, 1.82) is 0 Å². The molecule has 0 aliphatic carbocycles. The van der Waals surface area contributed by atoms with E-state index < -0.39 is 19.7 Å². The molecule has 1 aromatic heterocycles. The third kappa shape index (κ3) is 4.27. The number of unbranched alkanes of at least 4 members (excludes halogenated alkanes) is 1. The van der Waals surface area contributed by atoms with Crippen LogP contribution in [0.4, 0.5) is 5.00 Å². The fraction of sp³-hybridized carbons (Fsp3) is 0.357. The molecule has 0 atom stereocenters. The van der Waals surface area contributed by atoms with Gasteiger partial charge in [-0.15, -0.1) is 0 Å². The fourth-order valence-electron chi connectivity index (χ4n) is 1.84. The molecule has 2 aromatic rings. The molecule has 0 unspecified atom stereocenters. The fourth-order valence-corrected chi connectivity index (χ4v) is 5.52. The van der Waals surface area contributed by atoms with Gasteiger partial charge in [-0.1, -0.05) is 36.3 Å². The molecule has 0 spiro atoms. The van der Waals surface area contributed by atoms with E-state index >= 15 is 0 Å². The molecule has 0 saturated carbocycles. The number of hydrogen-bond donors (Lipinski definition) is 1. The summed E-state index contributed by atoms with van der Waals surface area (Å²) in [6.45, 7) is 2.53. The Kier molecular flexibility index (Phi) is 5.90. The minimum absolute atomic E-state index is 0.00999. The topological polar surface area (TPSA) is 93.2 Å². The standard InChI is InChI=1S/C14H17ClN2O4S3/c1-3-4-9-16-12-13(17-14(22-12)23(2,18)19)24(20,21)11-7-5-10(15)6-8-11/h5-8,16H,3-4,9H2,1-2H3. The highest BCUT2D eigenvalue weighted by atomic mass is 35.5. The molecule has 0 amide bonds. The van der Waals surface area contributed by atoms with Crippen LogP contribution in [0.25, 0.3) is 0 Å². The summed E-state index contributed by atoms with van der Waals surface area (Å²) in [7, 11) is -7.55. The van der Waals surface area contributed by atoms with Crippen molar-refractivity contribution in [3.8, 4) is 0 Å². The maximum Gasteiger partial charge on any atom is 0.226 e. The predicted molar refractivity (Wildman–Crippen MR) is 95.5 cm³/mol. The van der Waals surface area contributed by atoms with Crippen molar-refractivity contribution >= 4 is 47.6 Å². The van der Waals surface area contributed by atoms with Crippen molar-refractivity contribution < 1.29 is 16.8 Å². The van der Waals surface area contributed by atoms with Gasteiger partial charge in [0.25, 0.3) is 0 Å². The third-order valence-electron chi connectivity index (χ3n) is 3.09. The Morgan fingerprint density at radius 2 is 1.79 bits per heavy atom. The Bertz CT molecular complexity index is 919. The highest BCUT2D eigenvalue weighted by Crippen LogP contribution is 2.34. The van der Waals surface area contributed by atoms with Crippen LogP contribution in [0, 0.1) is 0 Å². The number of rotatable bonds is 7. The first-order valence-corrected chi connectivity index (χ1v) is 11.7. The summed E-state index contributed by atoms with van der Waals surface area (Å²) < 4.78 is 48.9. The van der Waals surface area contributed by atoms with Crippen molar-refractivity contribution in [3.05, 3.63) is 29.3 Å². The molecule has 0 aliphatic rings. The van der Waals surface area contributed by atoms with E-state index in [0.29, 0.717) is 11.6 Å². The second kappa shape index (κ2) is 7.38. The second-order valence-corrected chi connectivity index (χ2v) is 10.6. The largest absolute Gasteiger partial charge is 0.374 e. The van der Waals surface area contributed by atoms with Gasteiger partial charge in [0, 0.05) is 17.8 Å². The predicted octanol–water partition coefficient (Wildman–Crippen LogP) is 3.24. The van der Waals surface area contributed by atoms with Crippen molar-refractivity contribution in [2.75, 3.05) is 18.1 Å². The lowest BCUT2D eigenvalue weighted by Gasteiger charge is -2.06. The molecule has 0 bridgehead atoms. The molecular formula is C14H17ClN2O4S3. The van der Waals surface area contributed by atoms with Crippen molar-refractivity contribution in [1.82, 2.24) is 4.98 Å². The van der Waals surface area contributed by atoms with Crippen LogP contribution in [0.5, 0.6) is 0 Å². The molecule has 132 valence electrons. The van der Waals surface area contributed by atoms with Crippen molar-refractivity contribution in [2.45, 2.75) is 34.0 Å². The highest BCUT2D eigenvalue weighted by molar-refractivity contribution is 7.93. The van der Waals surface area contributed by atoms with Crippen molar-refractivity contribution in [3.63, 3.8) is 0 Å². The SMILES string of the molecule is CCCCNc1sc(S(C)(=O)=O)nc1S(=O)(=O)c1ccc(Cl)cc1. The molecule has 1 N–H and O–H groups in total. The maximum absolute atomic E-state index is 12.8. The molecule has 0 fully saturated rings. The van der Waals surface area contributed by atoms with Gasteiger partial charge in [0.2, 0.25) is 24.0 Å². The van der Waals surface area contributed by atoms with Gasteiger partial charge in [-0.25, -0.2) is 21.8 Å². The van der Waals surface area contributed by atoms with E-state index in [0.717, 1.165) is 30.4 Å². The Morgan fingerprint density at radius 1 is 1.17 bits per heavy atom. The normalized spacial score (nSPS) is 12.3. The lowest BCUT2D eigenvalue weighted by molar-refractivity contribution is 0.591. The van der Waals surface area contributed by atoms with Crippen LogP contribution in [-0.4, -0.2) is 34.6 Å². The Balaban J connectivity index is 2.53. The number of thiazole rings is 1. The average molecular weight is 409 g/mol. The van der Waals surface area contributed by atoms with Gasteiger partial charge in [0.15, 0.2) is 5.03 Å². The number of halogens is 1. The van der Waals surface area contributed by atoms with Crippen LogP contribution < -0.4 is 5.32 Å². The summed E-state index contributed by atoms with van der Waals surface area (Å²) in [5.41, 5.74) is 0. The zero-order valence-corrected chi connectivity index (χ0v) is 16.3. The van der Waals surface area contributed by atoms with Gasteiger partial charge in [0.1, 0.15) is 5.00 Å². The molecule has 0 aliphatic heterocycles. The van der Waals surface area contributed by atoms with E-state index in [9.17, 15) is 16.8 Å². The summed E-state index contributed by atoms with van der Waals surface area (Å²) >= 11 is 6.61. The second-order valence-electron chi connectivity index (χ2n) is 5.12. The zero-order valence-electron chi connectivity index (χ0n) is 13.1. The summed E-state index contributed by atoms with van der Waals surface area (Å²) in [6, 6.07) is 5.66. The third-order valence-corrected chi connectivity index (χ3v) is 7.86. The minimum atomic E-state index is -3.95. The number of nitrogens with zero attached hydrogens (tertiary/aromatic N) is 1. The van der Waals surface area contributed by atoms with Crippen LogP contribution in [0.3, 0.4) is 0 Å². The molecule has 24 heavy (non-hydrogen) atoms. The molecule has 6 nitrogen and oxygen atoms in total. The van der Waals surface area contributed by atoms with E-state index in [1.54, 1.807) is 0 Å². The highest BCUT2D eigenvalue weighted by Gasteiger charge is 2.28. The number of aromatic nitrogens is 1. The summed E-state index contributed by atoms with van der Waals surface area (Å²) in [6.07, 6.45) is 2.75. The average Bonchev–Trinajstić information content (AvgIpc) is 2.93. The smallest absolute Gasteiger partial charge is 0.226 e. The monoisotopic (exact) mass is 408 g/mol. The van der Waals surface area contributed by atoms with Crippen LogP contribution in [0.1, 0.15) is 19.8 Å². The number of benzene rings is 1. The summed E-state index contributed by atoms with van der Waals surface area (Å²) in [4.78, 5) is 3.89. The van der Waals surface area contributed by atoms with E-state index in [1.165, 1.54) is 24.3 Å². The number of hydrogen-bond acceptors (Lipinski definition) is 7. The first kappa shape index (κ1) is 19.2. The van der Waals surface area contributed by atoms with Gasteiger partial charge in [-0.05, 0) is 30.7 Å². The van der Waals surface area contributed by atoms with E-state index in [4.69, 9.17) is 11.6 Å². The maximum atomic E-state index is 12.8. The van der Waals surface area contributed by atoms with Crippen molar-refractivity contribution in [2.24, 2.45) is 0 Å². The first-order chi connectivity index (χ1) is 11.2. The Hall–Kier alpha value is -1.16. The minimum Gasteiger partial charge on any atom is -0.374 e. The van der Waals surface area contributed by atoms with Gasteiger partial charge in [0.05, 0.1) is 4.90 Å². The van der Waals surface area contributed by atoms with E-state index in [2.05, 4.69) is 10.3 Å². The van der Waals surface area contributed by atoms with Gasteiger partial charge >= 0.3 is 0 Å². The van der Waals surface area contributed by atoms with Gasteiger partial charge in [-0.2, -0.15) is 0 Å². The molecule has 0 radical (unpaired) electrons. The van der Waals surface area contributed by atoms with Gasteiger partial charge in [-0.3, -0.25) is 0 Å². The molecule has 1 aromatic carbocycles. The van der Waals surface area contributed by atoms with E-state index in [-0.39, 0.29) is 19.3 Å². The lowest BCUT2D eigenvalue weighted by Crippen LogP contribution is -2.08. The molecule has 2 rings (SSSR count). The summed E-state index contributed by atoms with van der Waals surface area (Å²) in [5.74, 6) is 0. The number of nitrogens with one attached hydrogen (secondary N) is 1. The first-order valence-electron chi connectivity index (χ1n) is 7.11. The van der Waals surface area contributed by atoms with Crippen LogP contribution in [-0.2, 0) is 19.7 Å². The van der Waals surface area contributed by atoms with Gasteiger partial charge < -0.3 is 5.32 Å². The molecule has 10 heteroatoms. The Labute approximate surface area is 150 Å². The van der Waals surface area contributed by atoms with Crippen LogP contribution in [0.15, 0.2) is 38.5 Å². The number of anilines is 1. The molecular weight excluding hydrogens is 392 g/mol. The quantitative estimate of drug-likeness (QED) is 0.707. The van der Waals surface area contributed by atoms with Crippen LogP contribution >= 0.6 is 22.9 Å².